The lowest BCUT2D eigenvalue weighted by atomic mass is 9.63. The summed E-state index contributed by atoms with van der Waals surface area (Å²) in [6.45, 7) is 7.03. The van der Waals surface area contributed by atoms with E-state index in [0.717, 1.165) is 28.9 Å². The maximum Gasteiger partial charge on any atom is 0.216 e. The Morgan fingerprint density at radius 1 is 0.941 bits per heavy atom. The lowest BCUT2D eigenvalue weighted by Crippen LogP contribution is -2.30. The van der Waals surface area contributed by atoms with E-state index in [1.165, 1.54) is 63.4 Å². The highest BCUT2D eigenvalue weighted by Gasteiger charge is 2.36. The van der Waals surface area contributed by atoms with Crippen molar-refractivity contribution in [3.63, 3.8) is 0 Å². The standard InChI is InChI=1S/C31H40FNO/c1-4-5-6-21-7-8-25-18-26(14-13-24(25)17-21)27-15-16-28(29(32)19-27)22-9-11-23(12-10-22)30-33-31(2,3)20-34-30/h9-12,15-16,19,21,24-26H,4-8,13-14,17-18,20H2,1-3H3/t21?,24-,25-,26-/m1/s1. The molecular weight excluding hydrogens is 421 g/mol. The largest absolute Gasteiger partial charge is 0.475 e. The molecule has 2 aromatic rings. The van der Waals surface area contributed by atoms with Gasteiger partial charge in [-0.2, -0.15) is 0 Å². The summed E-state index contributed by atoms with van der Waals surface area (Å²) in [5.41, 5.74) is 3.55. The van der Waals surface area contributed by atoms with Crippen molar-refractivity contribution in [2.75, 3.05) is 6.61 Å². The summed E-state index contributed by atoms with van der Waals surface area (Å²) in [7, 11) is 0. The zero-order valence-corrected chi connectivity index (χ0v) is 21.2. The Kier molecular flexibility index (Phi) is 6.82. The van der Waals surface area contributed by atoms with Gasteiger partial charge < -0.3 is 4.74 Å². The number of benzene rings is 2. The van der Waals surface area contributed by atoms with E-state index >= 15 is 4.39 Å². The molecule has 0 aromatic heterocycles. The second kappa shape index (κ2) is 9.84. The maximum atomic E-state index is 15.2. The average molecular weight is 462 g/mol. The van der Waals surface area contributed by atoms with Crippen LogP contribution in [0.1, 0.15) is 95.6 Å². The van der Waals surface area contributed by atoms with Crippen LogP contribution >= 0.6 is 0 Å². The number of nitrogens with zero attached hydrogens (tertiary/aromatic N) is 1. The quantitative estimate of drug-likeness (QED) is 0.422. The topological polar surface area (TPSA) is 21.6 Å². The van der Waals surface area contributed by atoms with Crippen molar-refractivity contribution in [1.29, 1.82) is 0 Å². The van der Waals surface area contributed by atoms with Crippen molar-refractivity contribution < 1.29 is 9.13 Å². The average Bonchev–Trinajstić information content (AvgIpc) is 3.22. The Morgan fingerprint density at radius 3 is 2.38 bits per heavy atom. The summed E-state index contributed by atoms with van der Waals surface area (Å²) >= 11 is 0. The van der Waals surface area contributed by atoms with Crippen LogP contribution in [0.4, 0.5) is 4.39 Å². The number of ether oxygens (including phenoxy) is 1. The van der Waals surface area contributed by atoms with Crippen molar-refractivity contribution in [1.82, 2.24) is 0 Å². The number of halogens is 1. The molecule has 2 aliphatic carbocycles. The van der Waals surface area contributed by atoms with E-state index in [1.807, 2.05) is 36.4 Å². The molecule has 0 saturated heterocycles. The molecule has 182 valence electrons. The SMILES string of the molecule is CCCCC1CC[C@@H]2C[C@H](c3ccc(-c4ccc(C5=NC(C)(C)CO5)cc4)c(F)c3)CC[C@@H]2C1. The van der Waals surface area contributed by atoms with Gasteiger partial charge in [0.25, 0.3) is 0 Å². The molecule has 34 heavy (non-hydrogen) atoms. The molecule has 0 amide bonds. The predicted molar refractivity (Wildman–Crippen MR) is 139 cm³/mol. The van der Waals surface area contributed by atoms with Gasteiger partial charge in [0.1, 0.15) is 12.4 Å². The van der Waals surface area contributed by atoms with Crippen LogP contribution in [0.3, 0.4) is 0 Å². The monoisotopic (exact) mass is 461 g/mol. The van der Waals surface area contributed by atoms with Gasteiger partial charge in [-0.1, -0.05) is 56.9 Å². The third-order valence-electron chi connectivity index (χ3n) is 8.56. The van der Waals surface area contributed by atoms with Gasteiger partial charge in [-0.3, -0.25) is 0 Å². The van der Waals surface area contributed by atoms with E-state index in [0.29, 0.717) is 24.0 Å². The van der Waals surface area contributed by atoms with Crippen LogP contribution in [-0.2, 0) is 4.74 Å². The first-order valence-electron chi connectivity index (χ1n) is 13.5. The zero-order valence-electron chi connectivity index (χ0n) is 21.2. The summed E-state index contributed by atoms with van der Waals surface area (Å²) < 4.78 is 21.0. The fraction of sp³-hybridized carbons (Fsp3) is 0.581. The summed E-state index contributed by atoms with van der Waals surface area (Å²) in [4.78, 5) is 4.64. The van der Waals surface area contributed by atoms with E-state index in [2.05, 4.69) is 31.8 Å². The molecule has 0 spiro atoms. The summed E-state index contributed by atoms with van der Waals surface area (Å²) in [5, 5.41) is 0. The van der Waals surface area contributed by atoms with Crippen molar-refractivity contribution in [3.05, 3.63) is 59.4 Å². The zero-order chi connectivity index (χ0) is 23.7. The van der Waals surface area contributed by atoms with E-state index in [4.69, 9.17) is 4.74 Å². The number of hydrogen-bond acceptors (Lipinski definition) is 2. The molecule has 5 rings (SSSR count). The maximum absolute atomic E-state index is 15.2. The molecule has 3 heteroatoms. The van der Waals surface area contributed by atoms with Crippen LogP contribution in [0, 0.1) is 23.6 Å². The van der Waals surface area contributed by atoms with Gasteiger partial charge in [-0.05, 0) is 98.9 Å². The predicted octanol–water partition coefficient (Wildman–Crippen LogP) is 8.54. The van der Waals surface area contributed by atoms with E-state index in [1.54, 1.807) is 0 Å². The second-order valence-corrected chi connectivity index (χ2v) is 11.7. The lowest BCUT2D eigenvalue weighted by molar-refractivity contribution is 0.113. The fourth-order valence-electron chi connectivity index (χ4n) is 6.59. The number of aliphatic imine (C=N–C) groups is 1. The Labute approximate surface area is 205 Å². The van der Waals surface area contributed by atoms with Gasteiger partial charge in [0.2, 0.25) is 5.90 Å². The van der Waals surface area contributed by atoms with Crippen molar-refractivity contribution in [2.45, 2.75) is 90.0 Å². The normalized spacial score (nSPS) is 28.2. The summed E-state index contributed by atoms with van der Waals surface area (Å²) in [5.74, 6) is 3.81. The number of fused-ring (bicyclic) bond motifs is 1. The van der Waals surface area contributed by atoms with Gasteiger partial charge in [-0.25, -0.2) is 9.38 Å². The third-order valence-corrected chi connectivity index (χ3v) is 8.56. The third kappa shape index (κ3) is 5.09. The van der Waals surface area contributed by atoms with Gasteiger partial charge in [0, 0.05) is 11.1 Å². The number of rotatable bonds is 6. The van der Waals surface area contributed by atoms with Crippen molar-refractivity contribution >= 4 is 5.90 Å². The second-order valence-electron chi connectivity index (χ2n) is 11.7. The van der Waals surface area contributed by atoms with Gasteiger partial charge >= 0.3 is 0 Å². The minimum atomic E-state index is -0.177. The molecular formula is C31H40FNO. The van der Waals surface area contributed by atoms with Crippen LogP contribution in [0.5, 0.6) is 0 Å². The highest BCUT2D eigenvalue weighted by molar-refractivity contribution is 5.95. The fourth-order valence-corrected chi connectivity index (χ4v) is 6.59. The molecule has 2 aromatic carbocycles. The number of unbranched alkanes of at least 4 members (excludes halogenated alkanes) is 1. The Hall–Kier alpha value is -2.16. The highest BCUT2D eigenvalue weighted by Crippen LogP contribution is 2.48. The summed E-state index contributed by atoms with van der Waals surface area (Å²) in [6, 6.07) is 13.9. The van der Waals surface area contributed by atoms with Gasteiger partial charge in [-0.15, -0.1) is 0 Å². The van der Waals surface area contributed by atoms with Crippen molar-refractivity contribution in [2.24, 2.45) is 22.7 Å². The molecule has 4 atom stereocenters. The Morgan fingerprint density at radius 2 is 1.68 bits per heavy atom. The van der Waals surface area contributed by atoms with Gasteiger partial charge in [0.05, 0.1) is 5.54 Å². The van der Waals surface area contributed by atoms with Crippen LogP contribution in [-0.4, -0.2) is 18.0 Å². The molecule has 0 radical (unpaired) electrons. The van der Waals surface area contributed by atoms with Gasteiger partial charge in [0.15, 0.2) is 0 Å². The summed E-state index contributed by atoms with van der Waals surface area (Å²) in [6.07, 6.45) is 12.2. The molecule has 2 nitrogen and oxygen atoms in total. The van der Waals surface area contributed by atoms with Crippen molar-refractivity contribution in [3.8, 4) is 11.1 Å². The molecule has 1 unspecified atom stereocenters. The molecule has 2 saturated carbocycles. The minimum absolute atomic E-state index is 0.105. The highest BCUT2D eigenvalue weighted by atomic mass is 19.1. The van der Waals surface area contributed by atoms with Crippen LogP contribution in [0.15, 0.2) is 47.5 Å². The van der Waals surface area contributed by atoms with E-state index in [9.17, 15) is 0 Å². The molecule has 3 aliphatic rings. The van der Waals surface area contributed by atoms with Crippen LogP contribution in [0.2, 0.25) is 0 Å². The molecule has 1 heterocycles. The first kappa shape index (κ1) is 23.6. The molecule has 0 bridgehead atoms. The molecule has 1 aliphatic heterocycles. The first-order chi connectivity index (χ1) is 16.4. The minimum Gasteiger partial charge on any atom is -0.475 e. The van der Waals surface area contributed by atoms with E-state index < -0.39 is 0 Å². The smallest absolute Gasteiger partial charge is 0.216 e. The number of hydrogen-bond donors (Lipinski definition) is 0. The Bertz CT molecular complexity index is 1020. The van der Waals surface area contributed by atoms with E-state index in [-0.39, 0.29) is 11.4 Å². The Balaban J connectivity index is 1.24. The lowest BCUT2D eigenvalue weighted by Gasteiger charge is -2.42. The van der Waals surface area contributed by atoms with Crippen LogP contribution in [0.25, 0.3) is 11.1 Å². The molecule has 0 N–H and O–H groups in total. The molecule has 2 fully saturated rings. The van der Waals surface area contributed by atoms with Crippen LogP contribution < -0.4 is 0 Å². The first-order valence-corrected chi connectivity index (χ1v) is 13.5.